The number of esters is 1. The molecule has 1 fully saturated rings. The minimum absolute atomic E-state index is 0.498. The number of hydrogen-bond acceptors (Lipinski definition) is 5. The molecule has 1 aliphatic heterocycles. The first-order valence-electron chi connectivity index (χ1n) is 5.32. The molecule has 2 rings (SSSR count). The maximum atomic E-state index is 11.6. The van der Waals surface area contributed by atoms with Crippen molar-refractivity contribution in [3.63, 3.8) is 0 Å². The van der Waals surface area contributed by atoms with Crippen molar-refractivity contribution in [1.82, 2.24) is 5.06 Å². The predicted octanol–water partition coefficient (Wildman–Crippen LogP) is 1.57. The fourth-order valence-corrected chi connectivity index (χ4v) is 2.13. The Labute approximate surface area is 109 Å². The van der Waals surface area contributed by atoms with Crippen LogP contribution in [-0.4, -0.2) is 31.2 Å². The summed E-state index contributed by atoms with van der Waals surface area (Å²) in [5.41, 5.74) is 0.767. The maximum Gasteiger partial charge on any atom is 0.341 e. The molecule has 2 unspecified atom stereocenters. The zero-order valence-corrected chi connectivity index (χ0v) is 10.7. The summed E-state index contributed by atoms with van der Waals surface area (Å²) in [5, 5.41) is 1.94. The second-order valence-corrected chi connectivity index (χ2v) is 4.39. The van der Waals surface area contributed by atoms with Crippen molar-refractivity contribution in [1.29, 1.82) is 0 Å². The molecule has 0 spiro atoms. The third-order valence-corrected chi connectivity index (χ3v) is 3.11. The topological polar surface area (TPSA) is 55.8 Å². The van der Waals surface area contributed by atoms with Gasteiger partial charge in [0.2, 0.25) is 0 Å². The van der Waals surface area contributed by atoms with Crippen LogP contribution in [0.25, 0.3) is 0 Å². The molecular weight excluding hydrogens is 258 g/mol. The van der Waals surface area contributed by atoms with Crippen molar-refractivity contribution >= 4 is 23.5 Å². The SMILES string of the molecule is COC(=O)C1C(=O)ON(C)C1c1ccc(Cl)cc1. The van der Waals surface area contributed by atoms with Gasteiger partial charge in [0.1, 0.15) is 0 Å². The van der Waals surface area contributed by atoms with Gasteiger partial charge in [0.15, 0.2) is 5.92 Å². The lowest BCUT2D eigenvalue weighted by molar-refractivity contribution is -0.170. The van der Waals surface area contributed by atoms with E-state index in [0.29, 0.717) is 5.02 Å². The molecular formula is C12H12ClNO4. The Morgan fingerprint density at radius 2 is 2.00 bits per heavy atom. The number of nitrogens with zero attached hydrogens (tertiary/aromatic N) is 1. The summed E-state index contributed by atoms with van der Waals surface area (Å²) in [4.78, 5) is 28.2. The number of hydrogen-bond donors (Lipinski definition) is 0. The van der Waals surface area contributed by atoms with Gasteiger partial charge in [0.25, 0.3) is 0 Å². The van der Waals surface area contributed by atoms with Crippen LogP contribution in [0.2, 0.25) is 5.02 Å². The molecule has 2 atom stereocenters. The van der Waals surface area contributed by atoms with Crippen LogP contribution in [0.15, 0.2) is 24.3 Å². The van der Waals surface area contributed by atoms with E-state index in [0.717, 1.165) is 5.56 Å². The summed E-state index contributed by atoms with van der Waals surface area (Å²) in [7, 11) is 2.84. The minimum atomic E-state index is -0.971. The number of benzene rings is 1. The van der Waals surface area contributed by atoms with E-state index in [2.05, 4.69) is 4.74 Å². The fraction of sp³-hybridized carbons (Fsp3) is 0.333. The predicted molar refractivity (Wildman–Crippen MR) is 63.6 cm³/mol. The number of halogens is 1. The van der Waals surface area contributed by atoms with Crippen LogP contribution in [0, 0.1) is 5.92 Å². The van der Waals surface area contributed by atoms with Crippen LogP contribution in [0.3, 0.4) is 0 Å². The molecule has 5 nitrogen and oxygen atoms in total. The van der Waals surface area contributed by atoms with Crippen LogP contribution in [-0.2, 0) is 19.2 Å². The van der Waals surface area contributed by atoms with E-state index in [-0.39, 0.29) is 0 Å². The van der Waals surface area contributed by atoms with E-state index in [1.165, 1.54) is 12.2 Å². The first-order chi connectivity index (χ1) is 8.54. The molecule has 0 saturated carbocycles. The molecule has 18 heavy (non-hydrogen) atoms. The summed E-state index contributed by atoms with van der Waals surface area (Å²) in [5.74, 6) is -2.19. The summed E-state index contributed by atoms with van der Waals surface area (Å²) in [6.07, 6.45) is 0. The van der Waals surface area contributed by atoms with E-state index in [4.69, 9.17) is 16.4 Å². The molecule has 1 saturated heterocycles. The second kappa shape index (κ2) is 4.96. The van der Waals surface area contributed by atoms with E-state index in [1.807, 2.05) is 0 Å². The minimum Gasteiger partial charge on any atom is -0.468 e. The van der Waals surface area contributed by atoms with E-state index >= 15 is 0 Å². The van der Waals surface area contributed by atoms with Crippen molar-refractivity contribution in [3.05, 3.63) is 34.9 Å². The Kier molecular flexibility index (Phi) is 3.54. The van der Waals surface area contributed by atoms with Gasteiger partial charge in [-0.3, -0.25) is 4.79 Å². The third kappa shape index (κ3) is 2.19. The second-order valence-electron chi connectivity index (χ2n) is 3.95. The monoisotopic (exact) mass is 269 g/mol. The zero-order valence-electron chi connectivity index (χ0n) is 9.92. The first kappa shape index (κ1) is 12.9. The Hall–Kier alpha value is -1.59. The van der Waals surface area contributed by atoms with E-state index in [1.54, 1.807) is 31.3 Å². The van der Waals surface area contributed by atoms with Crippen LogP contribution < -0.4 is 0 Å². The quantitative estimate of drug-likeness (QED) is 0.603. The van der Waals surface area contributed by atoms with Gasteiger partial charge in [-0.05, 0) is 17.7 Å². The molecule has 96 valence electrons. The number of carbonyl (C=O) groups is 2. The van der Waals surface area contributed by atoms with Gasteiger partial charge in [-0.2, -0.15) is 0 Å². The highest BCUT2D eigenvalue weighted by Crippen LogP contribution is 2.35. The van der Waals surface area contributed by atoms with Gasteiger partial charge in [0.05, 0.1) is 13.2 Å². The van der Waals surface area contributed by atoms with Crippen molar-refractivity contribution in [2.75, 3.05) is 14.2 Å². The molecule has 1 aromatic carbocycles. The highest BCUT2D eigenvalue weighted by atomic mass is 35.5. The van der Waals surface area contributed by atoms with Crippen LogP contribution in [0.5, 0.6) is 0 Å². The highest BCUT2D eigenvalue weighted by molar-refractivity contribution is 6.30. The highest BCUT2D eigenvalue weighted by Gasteiger charge is 2.48. The number of hydroxylamine groups is 2. The number of ether oxygens (including phenoxy) is 1. The average Bonchev–Trinajstić information content (AvgIpc) is 2.64. The van der Waals surface area contributed by atoms with Crippen molar-refractivity contribution in [2.45, 2.75) is 6.04 Å². The molecule has 0 aromatic heterocycles. The van der Waals surface area contributed by atoms with Crippen LogP contribution >= 0.6 is 11.6 Å². The Balaban J connectivity index is 2.36. The molecule has 1 heterocycles. The summed E-state index contributed by atoms with van der Waals surface area (Å²) >= 11 is 5.81. The number of rotatable bonds is 2. The van der Waals surface area contributed by atoms with Gasteiger partial charge in [-0.15, -0.1) is 5.06 Å². The van der Waals surface area contributed by atoms with Crippen LogP contribution in [0.1, 0.15) is 11.6 Å². The summed E-state index contributed by atoms with van der Waals surface area (Å²) in [6.45, 7) is 0. The average molecular weight is 270 g/mol. The van der Waals surface area contributed by atoms with Gasteiger partial charge in [-0.25, -0.2) is 4.79 Å². The first-order valence-corrected chi connectivity index (χ1v) is 5.70. The van der Waals surface area contributed by atoms with Gasteiger partial charge in [-0.1, -0.05) is 23.7 Å². The lowest BCUT2D eigenvalue weighted by Crippen LogP contribution is -2.28. The molecule has 0 radical (unpaired) electrons. The van der Waals surface area contributed by atoms with E-state index in [9.17, 15) is 9.59 Å². The molecule has 6 heteroatoms. The Morgan fingerprint density at radius 3 is 2.56 bits per heavy atom. The lowest BCUT2D eigenvalue weighted by atomic mass is 9.94. The summed E-state index contributed by atoms with van der Waals surface area (Å²) in [6, 6.07) is 6.40. The molecule has 1 aromatic rings. The normalized spacial score (nSPS) is 23.8. The summed E-state index contributed by atoms with van der Waals surface area (Å²) < 4.78 is 4.64. The Bertz CT molecular complexity index is 465. The largest absolute Gasteiger partial charge is 0.468 e. The fourth-order valence-electron chi connectivity index (χ4n) is 2.01. The van der Waals surface area contributed by atoms with Crippen LogP contribution in [0.4, 0.5) is 0 Å². The molecule has 0 amide bonds. The Morgan fingerprint density at radius 1 is 1.39 bits per heavy atom. The standard InChI is InChI=1S/C12H12ClNO4/c1-14-10(7-3-5-8(13)6-4-7)9(11(15)17-2)12(16)18-14/h3-6,9-10H,1-2H3. The third-order valence-electron chi connectivity index (χ3n) is 2.86. The molecule has 0 aliphatic carbocycles. The molecule has 0 N–H and O–H groups in total. The molecule has 1 aliphatic rings. The van der Waals surface area contributed by atoms with Gasteiger partial charge >= 0.3 is 11.9 Å². The maximum absolute atomic E-state index is 11.6. The van der Waals surface area contributed by atoms with Gasteiger partial charge in [0, 0.05) is 12.1 Å². The zero-order chi connectivity index (χ0) is 13.3. The van der Waals surface area contributed by atoms with Crippen molar-refractivity contribution < 1.29 is 19.2 Å². The van der Waals surface area contributed by atoms with Crippen molar-refractivity contribution in [2.24, 2.45) is 5.92 Å². The van der Waals surface area contributed by atoms with E-state index < -0.39 is 23.9 Å². The molecule has 0 bridgehead atoms. The van der Waals surface area contributed by atoms with Gasteiger partial charge < -0.3 is 9.57 Å². The number of methoxy groups -OCH3 is 1. The number of carbonyl (C=O) groups excluding carboxylic acids is 2. The lowest BCUT2D eigenvalue weighted by Gasteiger charge is -2.19. The van der Waals surface area contributed by atoms with Crippen molar-refractivity contribution in [3.8, 4) is 0 Å². The smallest absolute Gasteiger partial charge is 0.341 e.